The highest BCUT2D eigenvalue weighted by atomic mass is 16.2. The van der Waals surface area contributed by atoms with Crippen molar-refractivity contribution in [2.75, 3.05) is 19.6 Å². The summed E-state index contributed by atoms with van der Waals surface area (Å²) in [7, 11) is 0. The van der Waals surface area contributed by atoms with Gasteiger partial charge in [-0.05, 0) is 50.6 Å². The van der Waals surface area contributed by atoms with Crippen LogP contribution in [-0.2, 0) is 16.1 Å². The molecule has 0 bridgehead atoms. The maximum absolute atomic E-state index is 13.0. The highest BCUT2D eigenvalue weighted by molar-refractivity contribution is 5.87. The molecule has 1 spiro atoms. The van der Waals surface area contributed by atoms with E-state index in [1.165, 1.54) is 0 Å². The molecule has 2 aliphatic heterocycles. The number of benzene rings is 1. The van der Waals surface area contributed by atoms with Crippen molar-refractivity contribution in [3.05, 3.63) is 36.5 Å². The monoisotopic (exact) mass is 353 g/mol. The lowest BCUT2D eigenvalue weighted by Crippen LogP contribution is -2.52. The van der Waals surface area contributed by atoms with Crippen molar-refractivity contribution >= 4 is 22.7 Å². The summed E-state index contributed by atoms with van der Waals surface area (Å²) >= 11 is 0. The highest BCUT2D eigenvalue weighted by Crippen LogP contribution is 2.40. The number of rotatable bonds is 3. The standard InChI is InChI=1S/C21H27N3O2/c1-16(2)24-11-5-9-21(20(24)26)10-13-23(15-21)19(25)14-22-12-8-17-6-3-4-7-18(17)22/h3-4,6-8,12,16H,5,9-11,13-15H2,1-2H3. The maximum Gasteiger partial charge on any atom is 0.242 e. The lowest BCUT2D eigenvalue weighted by Gasteiger charge is -2.41. The van der Waals surface area contributed by atoms with Crippen LogP contribution in [0.5, 0.6) is 0 Å². The molecule has 1 aromatic carbocycles. The molecule has 2 aromatic rings. The first kappa shape index (κ1) is 17.1. The van der Waals surface area contributed by atoms with Gasteiger partial charge in [0.1, 0.15) is 6.54 Å². The van der Waals surface area contributed by atoms with Gasteiger partial charge in [-0.25, -0.2) is 0 Å². The third-order valence-corrected chi connectivity index (χ3v) is 6.08. The minimum absolute atomic E-state index is 0.109. The number of nitrogens with zero attached hydrogens (tertiary/aromatic N) is 3. The third kappa shape index (κ3) is 2.79. The first-order chi connectivity index (χ1) is 12.5. The average Bonchev–Trinajstić information content (AvgIpc) is 3.23. The molecule has 1 unspecified atom stereocenters. The largest absolute Gasteiger partial charge is 0.340 e. The maximum atomic E-state index is 13.0. The van der Waals surface area contributed by atoms with E-state index < -0.39 is 0 Å². The van der Waals surface area contributed by atoms with E-state index in [1.54, 1.807) is 0 Å². The van der Waals surface area contributed by atoms with Gasteiger partial charge in [0.2, 0.25) is 11.8 Å². The number of amides is 2. The fraction of sp³-hybridized carbons (Fsp3) is 0.524. The highest BCUT2D eigenvalue weighted by Gasteiger charge is 2.49. The normalized spacial score (nSPS) is 23.6. The molecular formula is C21H27N3O2. The van der Waals surface area contributed by atoms with Gasteiger partial charge in [-0.3, -0.25) is 9.59 Å². The molecule has 2 amide bonds. The fourth-order valence-electron chi connectivity index (χ4n) is 4.58. The van der Waals surface area contributed by atoms with Gasteiger partial charge in [0.05, 0.1) is 5.41 Å². The van der Waals surface area contributed by atoms with Crippen LogP contribution < -0.4 is 0 Å². The smallest absolute Gasteiger partial charge is 0.242 e. The topological polar surface area (TPSA) is 45.5 Å². The molecule has 26 heavy (non-hydrogen) atoms. The lowest BCUT2D eigenvalue weighted by atomic mass is 9.78. The minimum atomic E-state index is -0.350. The summed E-state index contributed by atoms with van der Waals surface area (Å²) < 4.78 is 2.01. The number of hydrogen-bond donors (Lipinski definition) is 0. The Morgan fingerprint density at radius 1 is 1.15 bits per heavy atom. The van der Waals surface area contributed by atoms with Crippen molar-refractivity contribution in [3.8, 4) is 0 Å². The number of aromatic nitrogens is 1. The van der Waals surface area contributed by atoms with Gasteiger partial charge in [0.25, 0.3) is 0 Å². The first-order valence-electron chi connectivity index (χ1n) is 9.63. The Balaban J connectivity index is 1.48. The van der Waals surface area contributed by atoms with Crippen LogP contribution in [0.25, 0.3) is 10.9 Å². The average molecular weight is 353 g/mol. The van der Waals surface area contributed by atoms with E-state index in [1.807, 2.05) is 44.8 Å². The molecule has 0 saturated carbocycles. The minimum Gasteiger partial charge on any atom is -0.340 e. The Morgan fingerprint density at radius 2 is 1.96 bits per heavy atom. The van der Waals surface area contributed by atoms with Crippen LogP contribution in [0.4, 0.5) is 0 Å². The van der Waals surface area contributed by atoms with Crippen molar-refractivity contribution in [2.45, 2.75) is 45.7 Å². The summed E-state index contributed by atoms with van der Waals surface area (Å²) in [5, 5.41) is 1.15. The number of likely N-dealkylation sites (tertiary alicyclic amines) is 2. The zero-order valence-corrected chi connectivity index (χ0v) is 15.6. The van der Waals surface area contributed by atoms with Crippen molar-refractivity contribution in [1.82, 2.24) is 14.4 Å². The molecule has 4 rings (SSSR count). The summed E-state index contributed by atoms with van der Waals surface area (Å²) in [6.45, 7) is 6.61. The van der Waals surface area contributed by atoms with E-state index in [0.29, 0.717) is 19.6 Å². The Morgan fingerprint density at radius 3 is 2.77 bits per heavy atom. The molecule has 1 aromatic heterocycles. The van der Waals surface area contributed by atoms with Crippen LogP contribution in [0.15, 0.2) is 36.5 Å². The van der Waals surface area contributed by atoms with E-state index in [4.69, 9.17) is 0 Å². The molecule has 0 N–H and O–H groups in total. The summed E-state index contributed by atoms with van der Waals surface area (Å²) in [4.78, 5) is 29.8. The molecule has 5 nitrogen and oxygen atoms in total. The van der Waals surface area contributed by atoms with Crippen LogP contribution in [-0.4, -0.2) is 51.9 Å². The van der Waals surface area contributed by atoms with E-state index in [0.717, 1.165) is 36.7 Å². The van der Waals surface area contributed by atoms with E-state index in [2.05, 4.69) is 19.9 Å². The molecule has 2 fully saturated rings. The predicted octanol–water partition coefficient (Wildman–Crippen LogP) is 2.89. The molecule has 3 heterocycles. The Kier molecular flexibility index (Phi) is 4.25. The van der Waals surface area contributed by atoms with E-state index >= 15 is 0 Å². The van der Waals surface area contributed by atoms with Gasteiger partial charge in [-0.2, -0.15) is 0 Å². The van der Waals surface area contributed by atoms with Gasteiger partial charge in [-0.1, -0.05) is 18.2 Å². The Hall–Kier alpha value is -2.30. The molecule has 1 atom stereocenters. The second-order valence-corrected chi connectivity index (χ2v) is 8.04. The Bertz CT molecular complexity index is 841. The van der Waals surface area contributed by atoms with Crippen molar-refractivity contribution in [2.24, 2.45) is 5.41 Å². The predicted molar refractivity (Wildman–Crippen MR) is 102 cm³/mol. The zero-order valence-electron chi connectivity index (χ0n) is 15.6. The summed E-state index contributed by atoms with van der Waals surface area (Å²) in [6.07, 6.45) is 4.72. The SMILES string of the molecule is CC(C)N1CCCC2(CCN(C(=O)Cn3ccc4ccccc43)C2)C1=O. The molecular weight excluding hydrogens is 326 g/mol. The molecule has 138 valence electrons. The molecule has 2 saturated heterocycles. The zero-order chi connectivity index (χ0) is 18.3. The first-order valence-corrected chi connectivity index (χ1v) is 9.63. The van der Waals surface area contributed by atoms with Gasteiger partial charge in [-0.15, -0.1) is 0 Å². The van der Waals surface area contributed by atoms with Crippen LogP contribution in [0.3, 0.4) is 0 Å². The summed E-state index contributed by atoms with van der Waals surface area (Å²) in [5.41, 5.74) is 0.728. The lowest BCUT2D eigenvalue weighted by molar-refractivity contribution is -0.148. The molecule has 2 aliphatic rings. The third-order valence-electron chi connectivity index (χ3n) is 6.08. The van der Waals surface area contributed by atoms with Crippen molar-refractivity contribution in [3.63, 3.8) is 0 Å². The number of fused-ring (bicyclic) bond motifs is 1. The van der Waals surface area contributed by atoms with E-state index in [9.17, 15) is 9.59 Å². The van der Waals surface area contributed by atoms with Gasteiger partial charge >= 0.3 is 0 Å². The molecule has 0 aliphatic carbocycles. The van der Waals surface area contributed by atoms with Gasteiger partial charge in [0.15, 0.2) is 0 Å². The van der Waals surface area contributed by atoms with Crippen LogP contribution in [0.2, 0.25) is 0 Å². The fourth-order valence-corrected chi connectivity index (χ4v) is 4.58. The Labute approximate surface area is 154 Å². The van der Waals surface area contributed by atoms with Crippen molar-refractivity contribution in [1.29, 1.82) is 0 Å². The van der Waals surface area contributed by atoms with Crippen LogP contribution in [0.1, 0.15) is 33.1 Å². The van der Waals surface area contributed by atoms with Gasteiger partial charge in [0, 0.05) is 37.4 Å². The number of hydrogen-bond acceptors (Lipinski definition) is 2. The summed E-state index contributed by atoms with van der Waals surface area (Å²) in [5.74, 6) is 0.359. The number of carbonyl (C=O) groups is 2. The van der Waals surface area contributed by atoms with Crippen molar-refractivity contribution < 1.29 is 9.59 Å². The van der Waals surface area contributed by atoms with E-state index in [-0.39, 0.29) is 23.3 Å². The van der Waals surface area contributed by atoms with Crippen LogP contribution >= 0.6 is 0 Å². The quantitative estimate of drug-likeness (QED) is 0.852. The van der Waals surface area contributed by atoms with Gasteiger partial charge < -0.3 is 14.4 Å². The second-order valence-electron chi connectivity index (χ2n) is 8.04. The van der Waals surface area contributed by atoms with Crippen LogP contribution in [0, 0.1) is 5.41 Å². The molecule has 0 radical (unpaired) electrons. The summed E-state index contributed by atoms with van der Waals surface area (Å²) in [6, 6.07) is 10.4. The number of carbonyl (C=O) groups excluding carboxylic acids is 2. The number of piperidine rings is 1. The molecule has 5 heteroatoms. The number of para-hydroxylation sites is 1. The second kappa shape index (κ2) is 6.45.